The zero-order valence-corrected chi connectivity index (χ0v) is 18.3. The van der Waals surface area contributed by atoms with Crippen LogP contribution in [-0.4, -0.2) is 48.0 Å². The molecule has 0 spiro atoms. The molecule has 0 aromatic rings. The lowest BCUT2D eigenvalue weighted by Crippen LogP contribution is -2.54. The molecule has 2 rings (SSSR count). The highest BCUT2D eigenvalue weighted by molar-refractivity contribution is 7.86. The van der Waals surface area contributed by atoms with E-state index >= 15 is 0 Å². The lowest BCUT2D eigenvalue weighted by atomic mass is 9.60. The van der Waals surface area contributed by atoms with Gasteiger partial charge in [0.05, 0.1) is 5.92 Å². The predicted octanol–water partition coefficient (Wildman–Crippen LogP) is 4.04. The van der Waals surface area contributed by atoms with Crippen molar-refractivity contribution in [1.29, 1.82) is 0 Å². The maximum Gasteiger partial charge on any atom is 0.432 e. The fraction of sp³-hybridized carbons (Fsp3) is 0.789. The van der Waals surface area contributed by atoms with E-state index in [1.807, 2.05) is 6.92 Å². The van der Waals surface area contributed by atoms with Gasteiger partial charge in [-0.05, 0) is 50.9 Å². The van der Waals surface area contributed by atoms with Crippen LogP contribution in [0.5, 0.6) is 0 Å². The molecule has 0 aromatic carbocycles. The molecule has 0 heterocycles. The van der Waals surface area contributed by atoms with Crippen molar-refractivity contribution in [2.45, 2.75) is 75.5 Å². The van der Waals surface area contributed by atoms with Gasteiger partial charge in [0.2, 0.25) is 0 Å². The molecule has 2 bridgehead atoms. The van der Waals surface area contributed by atoms with Crippen LogP contribution in [0.2, 0.25) is 0 Å². The minimum absolute atomic E-state index is 0.0417. The average Bonchev–Trinajstić information content (AvgIpc) is 2.63. The zero-order chi connectivity index (χ0) is 24.7. The van der Waals surface area contributed by atoms with Crippen LogP contribution in [0.1, 0.15) is 52.4 Å². The number of carbonyl (C=O) groups is 2. The number of alkyl halides is 5. The number of fused-ring (bicyclic) bond motifs is 2. The first-order chi connectivity index (χ1) is 14.4. The molecule has 5 unspecified atom stereocenters. The van der Waals surface area contributed by atoms with Gasteiger partial charge in [0.1, 0.15) is 5.60 Å². The van der Waals surface area contributed by atoms with Crippen LogP contribution < -0.4 is 0 Å². The molecular formula is C19H25F5O7S. The van der Waals surface area contributed by atoms with Crippen LogP contribution in [0.25, 0.3) is 0 Å². The lowest BCUT2D eigenvalue weighted by molar-refractivity contribution is -0.262. The molecule has 1 N–H and O–H groups in total. The van der Waals surface area contributed by atoms with Crippen molar-refractivity contribution in [1.82, 2.24) is 0 Å². The number of carbonyl (C=O) groups excluding carboxylic acids is 2. The molecule has 0 aromatic heterocycles. The average molecular weight is 492 g/mol. The summed E-state index contributed by atoms with van der Waals surface area (Å²) in [6.07, 6.45) is -8.75. The van der Waals surface area contributed by atoms with Gasteiger partial charge in [-0.1, -0.05) is 19.9 Å². The Hall–Kier alpha value is -1.76. The van der Waals surface area contributed by atoms with Crippen molar-refractivity contribution < 1.29 is 54.0 Å². The van der Waals surface area contributed by atoms with Gasteiger partial charge in [-0.2, -0.15) is 30.4 Å². The standard InChI is InChI=1S/C19H25F5O7S/c1-4-11-7-12-9-17(8-11,31-14(25)10(2)3)6-5-13(12)15(26)30-16(18(20,21)22)19(23,24)32(27,28)29/h11-13,16H,2,4-9H2,1,3H3,(H,27,28,29). The summed E-state index contributed by atoms with van der Waals surface area (Å²) < 4.78 is 107. The maximum atomic E-state index is 13.8. The van der Waals surface area contributed by atoms with E-state index in [1.165, 1.54) is 6.92 Å². The summed E-state index contributed by atoms with van der Waals surface area (Å²) in [4.78, 5) is 24.6. The van der Waals surface area contributed by atoms with E-state index in [9.17, 15) is 40.0 Å². The number of esters is 2. The molecule has 2 fully saturated rings. The SMILES string of the molecule is C=C(C)C(=O)OC12CCC(C(=O)OC(C(F)(F)F)C(F)(F)S(=O)(=O)O)C(CC(CC)C1)C2. The van der Waals surface area contributed by atoms with Gasteiger partial charge in [0.15, 0.2) is 0 Å². The first kappa shape index (κ1) is 26.5. The number of ether oxygens (including phenoxy) is 2. The van der Waals surface area contributed by atoms with Gasteiger partial charge < -0.3 is 9.47 Å². The van der Waals surface area contributed by atoms with Crippen molar-refractivity contribution >= 4 is 22.1 Å². The van der Waals surface area contributed by atoms with Gasteiger partial charge in [-0.3, -0.25) is 9.35 Å². The molecule has 0 saturated heterocycles. The first-order valence-electron chi connectivity index (χ1n) is 9.94. The van der Waals surface area contributed by atoms with Crippen molar-refractivity contribution in [3.05, 3.63) is 12.2 Å². The van der Waals surface area contributed by atoms with Crippen LogP contribution in [0, 0.1) is 17.8 Å². The molecule has 32 heavy (non-hydrogen) atoms. The Bertz CT molecular complexity index is 870. The summed E-state index contributed by atoms with van der Waals surface area (Å²) in [5.41, 5.74) is -0.811. The third-order valence-corrected chi connectivity index (χ3v) is 7.03. The molecule has 2 saturated carbocycles. The molecule has 0 amide bonds. The summed E-state index contributed by atoms with van der Waals surface area (Å²) in [6.45, 7) is 6.81. The second kappa shape index (κ2) is 8.88. The summed E-state index contributed by atoms with van der Waals surface area (Å²) in [6, 6.07) is 0. The van der Waals surface area contributed by atoms with Crippen LogP contribution >= 0.6 is 0 Å². The van der Waals surface area contributed by atoms with Crippen LogP contribution in [0.3, 0.4) is 0 Å². The first-order valence-corrected chi connectivity index (χ1v) is 11.4. The van der Waals surface area contributed by atoms with E-state index in [0.29, 0.717) is 19.3 Å². The molecule has 184 valence electrons. The fourth-order valence-electron chi connectivity index (χ4n) is 4.55. The quantitative estimate of drug-likeness (QED) is 0.247. The van der Waals surface area contributed by atoms with Crippen molar-refractivity contribution in [3.8, 4) is 0 Å². The van der Waals surface area contributed by atoms with Gasteiger partial charge in [-0.15, -0.1) is 0 Å². The minimum atomic E-state index is -6.52. The molecule has 0 radical (unpaired) electrons. The Labute approximate surface area is 182 Å². The minimum Gasteiger partial charge on any atom is -0.456 e. The summed E-state index contributed by atoms with van der Waals surface area (Å²) >= 11 is 0. The number of halogens is 5. The molecule has 2 aliphatic rings. The molecule has 13 heteroatoms. The predicted molar refractivity (Wildman–Crippen MR) is 99.9 cm³/mol. The third-order valence-electron chi connectivity index (χ3n) is 6.13. The Morgan fingerprint density at radius 1 is 1.22 bits per heavy atom. The maximum absolute atomic E-state index is 13.8. The Balaban J connectivity index is 2.28. The normalized spacial score (nSPS) is 29.7. The Morgan fingerprint density at radius 3 is 2.28 bits per heavy atom. The smallest absolute Gasteiger partial charge is 0.432 e. The Kier molecular flexibility index (Phi) is 7.35. The monoisotopic (exact) mass is 492 g/mol. The fourth-order valence-corrected chi connectivity index (χ4v) is 5.00. The highest BCUT2D eigenvalue weighted by Crippen LogP contribution is 2.51. The molecule has 5 atom stereocenters. The van der Waals surface area contributed by atoms with Crippen molar-refractivity contribution in [2.24, 2.45) is 17.8 Å². The molecule has 2 aliphatic carbocycles. The van der Waals surface area contributed by atoms with Crippen molar-refractivity contribution in [3.63, 3.8) is 0 Å². The van der Waals surface area contributed by atoms with Crippen LogP contribution in [0.15, 0.2) is 12.2 Å². The number of hydrogen-bond acceptors (Lipinski definition) is 6. The van der Waals surface area contributed by atoms with Gasteiger partial charge in [0, 0.05) is 5.57 Å². The van der Waals surface area contributed by atoms with E-state index in [1.54, 1.807) is 0 Å². The lowest BCUT2D eigenvalue weighted by Gasteiger charge is -2.50. The summed E-state index contributed by atoms with van der Waals surface area (Å²) in [7, 11) is -6.52. The van der Waals surface area contributed by atoms with E-state index in [0.717, 1.165) is 0 Å². The molecular weight excluding hydrogens is 467 g/mol. The van der Waals surface area contributed by atoms with Gasteiger partial charge >= 0.3 is 33.5 Å². The van der Waals surface area contributed by atoms with Gasteiger partial charge in [0.25, 0.3) is 6.10 Å². The topological polar surface area (TPSA) is 107 Å². The van der Waals surface area contributed by atoms with Gasteiger partial charge in [-0.25, -0.2) is 4.79 Å². The number of rotatable bonds is 7. The third kappa shape index (κ3) is 5.41. The Morgan fingerprint density at radius 2 is 1.81 bits per heavy atom. The highest BCUT2D eigenvalue weighted by atomic mass is 32.2. The van der Waals surface area contributed by atoms with Crippen molar-refractivity contribution in [2.75, 3.05) is 0 Å². The second-order valence-electron chi connectivity index (χ2n) is 8.57. The van der Waals surface area contributed by atoms with Crippen LogP contribution in [-0.2, 0) is 29.2 Å². The zero-order valence-electron chi connectivity index (χ0n) is 17.5. The number of hydrogen-bond donors (Lipinski definition) is 1. The van der Waals surface area contributed by atoms with E-state index in [-0.39, 0.29) is 30.8 Å². The van der Waals surface area contributed by atoms with E-state index < -0.39 is 57.0 Å². The molecule has 7 nitrogen and oxygen atoms in total. The largest absolute Gasteiger partial charge is 0.456 e. The summed E-state index contributed by atoms with van der Waals surface area (Å²) in [5, 5.41) is -5.78. The molecule has 0 aliphatic heterocycles. The second-order valence-corrected chi connectivity index (χ2v) is 10.1. The highest BCUT2D eigenvalue weighted by Gasteiger charge is 2.66. The summed E-state index contributed by atoms with van der Waals surface area (Å²) in [5.74, 6) is -4.19. The van der Waals surface area contributed by atoms with E-state index in [2.05, 4.69) is 11.3 Å². The van der Waals surface area contributed by atoms with Crippen LogP contribution in [0.4, 0.5) is 22.0 Å². The van der Waals surface area contributed by atoms with E-state index in [4.69, 9.17) is 9.29 Å².